The molecule has 19 heavy (non-hydrogen) atoms. The van der Waals surface area contributed by atoms with E-state index in [9.17, 15) is 19.7 Å². The van der Waals surface area contributed by atoms with E-state index in [-0.39, 0.29) is 17.9 Å². The Morgan fingerprint density at radius 3 is 2.63 bits per heavy atom. The first-order valence-electron chi connectivity index (χ1n) is 5.41. The molecule has 0 saturated carbocycles. The lowest BCUT2D eigenvalue weighted by atomic mass is 10.2. The summed E-state index contributed by atoms with van der Waals surface area (Å²) in [5.41, 5.74) is -0.149. The number of anilines is 1. The van der Waals surface area contributed by atoms with Crippen molar-refractivity contribution in [2.24, 2.45) is 0 Å². The third-order valence-electron chi connectivity index (χ3n) is 2.31. The van der Waals surface area contributed by atoms with E-state index in [1.165, 1.54) is 25.1 Å². The lowest BCUT2D eigenvalue weighted by Crippen LogP contribution is -2.39. The van der Waals surface area contributed by atoms with Crippen LogP contribution in [0, 0.1) is 10.1 Å². The van der Waals surface area contributed by atoms with Gasteiger partial charge in [-0.05, 0) is 13.0 Å². The predicted octanol–water partition coefficient (Wildman–Crippen LogP) is 0.596. The number of aliphatic carboxylic acids is 1. The molecule has 0 spiro atoms. The van der Waals surface area contributed by atoms with Gasteiger partial charge in [0.15, 0.2) is 0 Å². The van der Waals surface area contributed by atoms with Crippen LogP contribution in [0.25, 0.3) is 0 Å². The van der Waals surface area contributed by atoms with Crippen molar-refractivity contribution in [3.05, 3.63) is 34.4 Å². The van der Waals surface area contributed by atoms with Crippen molar-refractivity contribution in [2.45, 2.75) is 13.0 Å². The molecular weight excluding hydrogens is 254 g/mol. The first kappa shape index (κ1) is 14.6. The van der Waals surface area contributed by atoms with Gasteiger partial charge in [0.2, 0.25) is 5.91 Å². The smallest absolute Gasteiger partial charge is 0.320 e. The van der Waals surface area contributed by atoms with E-state index >= 15 is 0 Å². The molecule has 0 fully saturated rings. The van der Waals surface area contributed by atoms with Crippen molar-refractivity contribution in [2.75, 3.05) is 11.9 Å². The summed E-state index contributed by atoms with van der Waals surface area (Å²) in [6.45, 7) is 1.14. The maximum absolute atomic E-state index is 11.5. The Labute approximate surface area is 108 Å². The highest BCUT2D eigenvalue weighted by molar-refractivity contribution is 5.94. The predicted molar refractivity (Wildman–Crippen MR) is 66.8 cm³/mol. The minimum atomic E-state index is -1.08. The fourth-order valence-electron chi connectivity index (χ4n) is 1.27. The largest absolute Gasteiger partial charge is 0.480 e. The summed E-state index contributed by atoms with van der Waals surface area (Å²) < 4.78 is 0. The SMILES string of the molecule is CC(NCC(=O)Nc1ccccc1[N+](=O)[O-])C(=O)O. The lowest BCUT2D eigenvalue weighted by molar-refractivity contribution is -0.383. The van der Waals surface area contributed by atoms with E-state index in [2.05, 4.69) is 10.6 Å². The van der Waals surface area contributed by atoms with E-state index < -0.39 is 22.8 Å². The van der Waals surface area contributed by atoms with E-state index in [1.807, 2.05) is 0 Å². The molecule has 0 aliphatic rings. The van der Waals surface area contributed by atoms with Gasteiger partial charge in [-0.1, -0.05) is 12.1 Å². The summed E-state index contributed by atoms with van der Waals surface area (Å²) in [5, 5.41) is 24.2. The molecule has 1 unspecified atom stereocenters. The minimum Gasteiger partial charge on any atom is -0.480 e. The van der Waals surface area contributed by atoms with E-state index in [0.717, 1.165) is 0 Å². The van der Waals surface area contributed by atoms with Gasteiger partial charge in [-0.2, -0.15) is 0 Å². The van der Waals surface area contributed by atoms with Gasteiger partial charge in [0.1, 0.15) is 11.7 Å². The molecule has 1 amide bonds. The number of nitrogens with zero attached hydrogens (tertiary/aromatic N) is 1. The molecule has 1 aromatic carbocycles. The Morgan fingerprint density at radius 2 is 2.05 bits per heavy atom. The highest BCUT2D eigenvalue weighted by atomic mass is 16.6. The molecule has 8 heteroatoms. The highest BCUT2D eigenvalue weighted by Crippen LogP contribution is 2.22. The van der Waals surface area contributed by atoms with Crippen molar-refractivity contribution < 1.29 is 19.6 Å². The van der Waals surface area contributed by atoms with Gasteiger partial charge in [0.05, 0.1) is 11.5 Å². The fraction of sp³-hybridized carbons (Fsp3) is 0.273. The Kier molecular flexibility index (Phi) is 4.95. The van der Waals surface area contributed by atoms with Crippen LogP contribution in [0.2, 0.25) is 0 Å². The van der Waals surface area contributed by atoms with Gasteiger partial charge >= 0.3 is 5.97 Å². The number of benzene rings is 1. The van der Waals surface area contributed by atoms with Gasteiger partial charge in [-0.25, -0.2) is 0 Å². The van der Waals surface area contributed by atoms with Gasteiger partial charge in [-0.15, -0.1) is 0 Å². The number of carboxylic acid groups (broad SMARTS) is 1. The molecule has 0 bridgehead atoms. The lowest BCUT2D eigenvalue weighted by Gasteiger charge is -2.09. The quantitative estimate of drug-likeness (QED) is 0.512. The number of hydrogen-bond acceptors (Lipinski definition) is 5. The van der Waals surface area contributed by atoms with Crippen LogP contribution in [-0.2, 0) is 9.59 Å². The van der Waals surface area contributed by atoms with Crippen LogP contribution in [-0.4, -0.2) is 34.5 Å². The van der Waals surface area contributed by atoms with Crippen molar-refractivity contribution in [1.29, 1.82) is 0 Å². The first-order chi connectivity index (χ1) is 8.91. The van der Waals surface area contributed by atoms with Crippen LogP contribution >= 0.6 is 0 Å². The number of carbonyl (C=O) groups excluding carboxylic acids is 1. The van der Waals surface area contributed by atoms with E-state index in [0.29, 0.717) is 0 Å². The average Bonchev–Trinajstić information content (AvgIpc) is 2.36. The Morgan fingerprint density at radius 1 is 1.42 bits per heavy atom. The molecule has 3 N–H and O–H groups in total. The molecule has 0 heterocycles. The summed E-state index contributed by atoms with van der Waals surface area (Å²) in [4.78, 5) is 32.2. The van der Waals surface area contributed by atoms with Gasteiger partial charge < -0.3 is 10.4 Å². The molecule has 8 nitrogen and oxygen atoms in total. The van der Waals surface area contributed by atoms with Crippen LogP contribution in [0.1, 0.15) is 6.92 Å². The molecule has 102 valence electrons. The summed E-state index contributed by atoms with van der Waals surface area (Å²) in [6.07, 6.45) is 0. The van der Waals surface area contributed by atoms with Crippen molar-refractivity contribution in [3.63, 3.8) is 0 Å². The number of carbonyl (C=O) groups is 2. The van der Waals surface area contributed by atoms with E-state index in [1.54, 1.807) is 6.07 Å². The standard InChI is InChI=1S/C11H13N3O5/c1-7(11(16)17)12-6-10(15)13-8-4-2-3-5-9(8)14(18)19/h2-5,7,12H,6H2,1H3,(H,13,15)(H,16,17). The second-order valence-corrected chi connectivity index (χ2v) is 3.76. The fourth-order valence-corrected chi connectivity index (χ4v) is 1.27. The minimum absolute atomic E-state index is 0.0716. The van der Waals surface area contributed by atoms with Crippen LogP contribution in [0.3, 0.4) is 0 Å². The Balaban J connectivity index is 2.63. The average molecular weight is 267 g/mol. The molecule has 0 aromatic heterocycles. The summed E-state index contributed by atoms with van der Waals surface area (Å²) in [6, 6.07) is 4.82. The molecule has 1 aromatic rings. The maximum Gasteiger partial charge on any atom is 0.320 e. The molecule has 0 saturated heterocycles. The summed E-state index contributed by atoms with van der Waals surface area (Å²) in [5.74, 6) is -1.64. The third-order valence-corrected chi connectivity index (χ3v) is 2.31. The monoisotopic (exact) mass is 267 g/mol. The Hall–Kier alpha value is -2.48. The molecule has 0 radical (unpaired) electrons. The maximum atomic E-state index is 11.5. The number of amides is 1. The van der Waals surface area contributed by atoms with Crippen LogP contribution < -0.4 is 10.6 Å². The summed E-state index contributed by atoms with van der Waals surface area (Å²) >= 11 is 0. The zero-order valence-electron chi connectivity index (χ0n) is 10.1. The van der Waals surface area contributed by atoms with E-state index in [4.69, 9.17) is 5.11 Å². The number of hydrogen-bond donors (Lipinski definition) is 3. The van der Waals surface area contributed by atoms with Crippen LogP contribution in [0.5, 0.6) is 0 Å². The molecule has 1 atom stereocenters. The zero-order chi connectivity index (χ0) is 14.4. The number of nitro benzene ring substituents is 1. The second kappa shape index (κ2) is 6.45. The number of para-hydroxylation sites is 2. The molecule has 1 rings (SSSR count). The zero-order valence-corrected chi connectivity index (χ0v) is 10.1. The van der Waals surface area contributed by atoms with Crippen LogP contribution in [0.4, 0.5) is 11.4 Å². The van der Waals surface area contributed by atoms with Crippen molar-refractivity contribution >= 4 is 23.3 Å². The third kappa shape index (κ3) is 4.36. The van der Waals surface area contributed by atoms with Gasteiger partial charge in [0, 0.05) is 6.07 Å². The molecule has 0 aliphatic carbocycles. The molecular formula is C11H13N3O5. The van der Waals surface area contributed by atoms with Gasteiger partial charge in [-0.3, -0.25) is 25.0 Å². The Bertz CT molecular complexity index is 503. The van der Waals surface area contributed by atoms with Gasteiger partial charge in [0.25, 0.3) is 5.69 Å². The molecule has 0 aliphatic heterocycles. The summed E-state index contributed by atoms with van der Waals surface area (Å²) in [7, 11) is 0. The number of rotatable bonds is 6. The normalized spacial score (nSPS) is 11.6. The first-order valence-corrected chi connectivity index (χ1v) is 5.41. The number of nitrogens with one attached hydrogen (secondary N) is 2. The topological polar surface area (TPSA) is 122 Å². The second-order valence-electron chi connectivity index (χ2n) is 3.76. The van der Waals surface area contributed by atoms with Crippen molar-refractivity contribution in [1.82, 2.24) is 5.32 Å². The number of nitro groups is 1. The highest BCUT2D eigenvalue weighted by Gasteiger charge is 2.16. The van der Waals surface area contributed by atoms with Crippen LogP contribution in [0.15, 0.2) is 24.3 Å². The number of carboxylic acids is 1. The van der Waals surface area contributed by atoms with Crippen molar-refractivity contribution in [3.8, 4) is 0 Å².